The zero-order chi connectivity index (χ0) is 11.6. The third kappa shape index (κ3) is 2.40. The Bertz CT molecular complexity index is 366. The third-order valence-electron chi connectivity index (χ3n) is 3.03. The average molecular weight is 222 g/mol. The van der Waals surface area contributed by atoms with E-state index < -0.39 is 5.60 Å². The van der Waals surface area contributed by atoms with Crippen molar-refractivity contribution in [3.05, 3.63) is 29.6 Å². The van der Waals surface area contributed by atoms with Gasteiger partial charge in [0.2, 0.25) is 0 Å². The molecule has 1 heterocycles. The fourth-order valence-electron chi connectivity index (χ4n) is 2.01. The van der Waals surface area contributed by atoms with E-state index in [0.29, 0.717) is 6.54 Å². The second-order valence-corrected chi connectivity index (χ2v) is 4.67. The number of nitrogens with zero attached hydrogens (tertiary/aromatic N) is 1. The van der Waals surface area contributed by atoms with Crippen LogP contribution in [0.25, 0.3) is 0 Å². The molecule has 0 amide bonds. The molecule has 2 unspecified atom stereocenters. The molecule has 2 atom stereocenters. The Balaban J connectivity index is 1.99. The molecule has 4 nitrogen and oxygen atoms in total. The fourth-order valence-corrected chi connectivity index (χ4v) is 2.01. The van der Waals surface area contributed by atoms with Crippen LogP contribution in [0.4, 0.5) is 0 Å². The lowest BCUT2D eigenvalue weighted by molar-refractivity contribution is 0.000639. The van der Waals surface area contributed by atoms with Crippen molar-refractivity contribution in [2.75, 3.05) is 13.2 Å². The summed E-state index contributed by atoms with van der Waals surface area (Å²) in [6, 6.07) is 4.24. The zero-order valence-corrected chi connectivity index (χ0v) is 9.48. The van der Waals surface area contributed by atoms with Crippen LogP contribution in [0.1, 0.15) is 30.6 Å². The van der Waals surface area contributed by atoms with Gasteiger partial charge in [-0.05, 0) is 31.4 Å². The normalized spacial score (nSPS) is 22.8. The molecule has 0 fully saturated rings. The topological polar surface area (TPSA) is 65.4 Å². The number of aliphatic hydroxyl groups excluding tert-OH is 1. The summed E-state index contributed by atoms with van der Waals surface area (Å²) in [5, 5.41) is 21.9. The van der Waals surface area contributed by atoms with Crippen molar-refractivity contribution in [3.8, 4) is 0 Å². The molecule has 4 heteroatoms. The number of aryl methyl sites for hydroxylation is 1. The Hall–Kier alpha value is -0.970. The molecule has 0 saturated heterocycles. The van der Waals surface area contributed by atoms with Crippen LogP contribution in [0.2, 0.25) is 0 Å². The smallest absolute Gasteiger partial charge is 0.0973 e. The van der Waals surface area contributed by atoms with Gasteiger partial charge >= 0.3 is 0 Å². The number of aromatic nitrogens is 1. The van der Waals surface area contributed by atoms with Gasteiger partial charge in [-0.25, -0.2) is 0 Å². The number of aliphatic hydroxyl groups is 2. The highest BCUT2D eigenvalue weighted by Gasteiger charge is 2.26. The average Bonchev–Trinajstić information content (AvgIpc) is 2.70. The predicted molar refractivity (Wildman–Crippen MR) is 61.0 cm³/mol. The summed E-state index contributed by atoms with van der Waals surface area (Å²) in [4.78, 5) is 4.36. The maximum atomic E-state index is 9.70. The molecule has 2 rings (SSSR count). The molecule has 3 N–H and O–H groups in total. The summed E-state index contributed by atoms with van der Waals surface area (Å²) in [6.07, 6.45) is 3.83. The van der Waals surface area contributed by atoms with Gasteiger partial charge in [0.15, 0.2) is 0 Å². The monoisotopic (exact) mass is 222 g/mol. The first-order chi connectivity index (χ1) is 7.62. The maximum Gasteiger partial charge on any atom is 0.0973 e. The van der Waals surface area contributed by atoms with Crippen LogP contribution in [-0.4, -0.2) is 33.9 Å². The van der Waals surface area contributed by atoms with E-state index in [1.165, 1.54) is 5.56 Å². The highest BCUT2D eigenvalue weighted by atomic mass is 16.3. The number of rotatable bonds is 4. The minimum atomic E-state index is -1.06. The quantitative estimate of drug-likeness (QED) is 0.690. The molecule has 1 aliphatic rings. The van der Waals surface area contributed by atoms with Crippen molar-refractivity contribution < 1.29 is 10.2 Å². The Morgan fingerprint density at radius 2 is 2.44 bits per heavy atom. The molecular weight excluding hydrogens is 204 g/mol. The van der Waals surface area contributed by atoms with Gasteiger partial charge in [0, 0.05) is 12.7 Å². The van der Waals surface area contributed by atoms with E-state index in [0.717, 1.165) is 18.5 Å². The van der Waals surface area contributed by atoms with E-state index in [1.54, 1.807) is 13.1 Å². The van der Waals surface area contributed by atoms with E-state index in [4.69, 9.17) is 5.11 Å². The van der Waals surface area contributed by atoms with Crippen molar-refractivity contribution in [2.24, 2.45) is 0 Å². The molecule has 1 aromatic heterocycles. The van der Waals surface area contributed by atoms with Gasteiger partial charge in [-0.3, -0.25) is 4.98 Å². The van der Waals surface area contributed by atoms with Gasteiger partial charge < -0.3 is 15.5 Å². The van der Waals surface area contributed by atoms with Crippen molar-refractivity contribution in [1.29, 1.82) is 0 Å². The van der Waals surface area contributed by atoms with Crippen LogP contribution < -0.4 is 5.32 Å². The summed E-state index contributed by atoms with van der Waals surface area (Å²) in [5.41, 5.74) is 1.30. The summed E-state index contributed by atoms with van der Waals surface area (Å²) < 4.78 is 0. The fraction of sp³-hybridized carbons (Fsp3) is 0.583. The zero-order valence-electron chi connectivity index (χ0n) is 9.48. The number of pyridine rings is 1. The minimum Gasteiger partial charge on any atom is -0.393 e. The van der Waals surface area contributed by atoms with E-state index >= 15 is 0 Å². The highest BCUT2D eigenvalue weighted by molar-refractivity contribution is 5.27. The van der Waals surface area contributed by atoms with Crippen molar-refractivity contribution >= 4 is 0 Å². The molecule has 0 aromatic carbocycles. The summed E-state index contributed by atoms with van der Waals surface area (Å²) in [7, 11) is 0. The Morgan fingerprint density at radius 1 is 1.62 bits per heavy atom. The molecular formula is C12H18N2O2. The van der Waals surface area contributed by atoms with Gasteiger partial charge in [-0.15, -0.1) is 0 Å². The third-order valence-corrected chi connectivity index (χ3v) is 3.03. The van der Waals surface area contributed by atoms with E-state index in [1.807, 2.05) is 6.07 Å². The first-order valence-corrected chi connectivity index (χ1v) is 5.63. The van der Waals surface area contributed by atoms with Crippen LogP contribution in [0.15, 0.2) is 18.3 Å². The lowest BCUT2D eigenvalue weighted by atomic mass is 10.1. The van der Waals surface area contributed by atoms with Crippen molar-refractivity contribution in [1.82, 2.24) is 10.3 Å². The van der Waals surface area contributed by atoms with E-state index in [-0.39, 0.29) is 12.6 Å². The molecule has 0 bridgehead atoms. The lowest BCUT2D eigenvalue weighted by Gasteiger charge is -2.23. The molecule has 1 aromatic rings. The van der Waals surface area contributed by atoms with E-state index in [2.05, 4.69) is 16.4 Å². The Labute approximate surface area is 95.3 Å². The second kappa shape index (κ2) is 4.49. The van der Waals surface area contributed by atoms with Crippen LogP contribution >= 0.6 is 0 Å². The first-order valence-electron chi connectivity index (χ1n) is 5.63. The van der Waals surface area contributed by atoms with Crippen LogP contribution in [0.3, 0.4) is 0 Å². The SMILES string of the molecule is CC(O)(CO)CNC1CCc2cccnc21. The van der Waals surface area contributed by atoms with Gasteiger partial charge in [0.25, 0.3) is 0 Å². The van der Waals surface area contributed by atoms with Crippen LogP contribution in [-0.2, 0) is 6.42 Å². The molecule has 0 radical (unpaired) electrons. The minimum absolute atomic E-state index is 0.203. The van der Waals surface area contributed by atoms with Crippen molar-refractivity contribution in [2.45, 2.75) is 31.4 Å². The van der Waals surface area contributed by atoms with E-state index in [9.17, 15) is 5.11 Å². The van der Waals surface area contributed by atoms with Gasteiger partial charge in [0.1, 0.15) is 0 Å². The molecule has 1 aliphatic carbocycles. The van der Waals surface area contributed by atoms with Crippen LogP contribution in [0, 0.1) is 0 Å². The number of hydrogen-bond acceptors (Lipinski definition) is 4. The number of hydrogen-bond donors (Lipinski definition) is 3. The Morgan fingerprint density at radius 3 is 3.19 bits per heavy atom. The standard InChI is InChI=1S/C12H18N2O2/c1-12(16,8-15)7-14-10-5-4-9-3-2-6-13-11(9)10/h2-3,6,10,14-16H,4-5,7-8H2,1H3. The van der Waals surface area contributed by atoms with Crippen LogP contribution in [0.5, 0.6) is 0 Å². The summed E-state index contributed by atoms with van der Waals surface area (Å²) >= 11 is 0. The lowest BCUT2D eigenvalue weighted by Crippen LogP contribution is -2.42. The summed E-state index contributed by atoms with van der Waals surface area (Å²) in [5.74, 6) is 0. The maximum absolute atomic E-state index is 9.70. The Kier molecular flexibility index (Phi) is 3.23. The highest BCUT2D eigenvalue weighted by Crippen LogP contribution is 2.28. The van der Waals surface area contributed by atoms with Gasteiger partial charge in [-0.2, -0.15) is 0 Å². The summed E-state index contributed by atoms with van der Waals surface area (Å²) in [6.45, 7) is 1.76. The number of fused-ring (bicyclic) bond motifs is 1. The second-order valence-electron chi connectivity index (χ2n) is 4.67. The molecule has 16 heavy (non-hydrogen) atoms. The largest absolute Gasteiger partial charge is 0.393 e. The van der Waals surface area contributed by atoms with Gasteiger partial charge in [-0.1, -0.05) is 6.07 Å². The molecule has 0 spiro atoms. The predicted octanol–water partition coefficient (Wildman–Crippen LogP) is 0.402. The van der Waals surface area contributed by atoms with Crippen molar-refractivity contribution in [3.63, 3.8) is 0 Å². The molecule has 0 saturated carbocycles. The first kappa shape index (κ1) is 11.5. The number of nitrogens with one attached hydrogen (secondary N) is 1. The molecule has 88 valence electrons. The molecule has 0 aliphatic heterocycles. The van der Waals surface area contributed by atoms with Gasteiger partial charge in [0.05, 0.1) is 23.9 Å².